The molecule has 3 aromatic rings. The highest BCUT2D eigenvalue weighted by Gasteiger charge is 2.20. The third-order valence-electron chi connectivity index (χ3n) is 6.42. The van der Waals surface area contributed by atoms with Crippen LogP contribution in [0.1, 0.15) is 48.3 Å². The van der Waals surface area contributed by atoms with E-state index >= 15 is 0 Å². The van der Waals surface area contributed by atoms with E-state index < -0.39 is 0 Å². The van der Waals surface area contributed by atoms with E-state index in [9.17, 15) is 9.59 Å². The molecule has 4 rings (SSSR count). The van der Waals surface area contributed by atoms with E-state index in [1.165, 1.54) is 0 Å². The standard InChI is InChI=1S/C25H34N6O2/c1-5-7-17-9-10-18(21(32)16-31-13-11-29(3)12-14-31)15-19(17)24-26-22-20(8-6-2)28-30(4)23(22)25(33)27-24/h9-10,15H,5-8,11-14,16H2,1-4H3,(H,26,27,33). The number of likely N-dealkylation sites (N-methyl/N-ethyl adjacent to an activating group) is 1. The van der Waals surface area contributed by atoms with Crippen molar-refractivity contribution in [3.8, 4) is 11.4 Å². The van der Waals surface area contributed by atoms with E-state index in [1.54, 1.807) is 11.7 Å². The first-order valence-corrected chi connectivity index (χ1v) is 11.9. The van der Waals surface area contributed by atoms with Gasteiger partial charge >= 0.3 is 0 Å². The fourth-order valence-corrected chi connectivity index (χ4v) is 4.54. The van der Waals surface area contributed by atoms with Gasteiger partial charge in [-0.3, -0.25) is 19.2 Å². The summed E-state index contributed by atoms with van der Waals surface area (Å²) in [4.78, 5) is 38.4. The molecule has 1 aliphatic rings. The van der Waals surface area contributed by atoms with E-state index in [1.807, 2.05) is 18.2 Å². The van der Waals surface area contributed by atoms with E-state index in [0.29, 0.717) is 29.0 Å². The summed E-state index contributed by atoms with van der Waals surface area (Å²) in [5.74, 6) is 0.607. The number of fused-ring (bicyclic) bond motifs is 1. The van der Waals surface area contributed by atoms with Crippen molar-refractivity contribution in [2.45, 2.75) is 39.5 Å². The first-order valence-electron chi connectivity index (χ1n) is 11.9. The summed E-state index contributed by atoms with van der Waals surface area (Å²) in [6.07, 6.45) is 3.49. The van der Waals surface area contributed by atoms with Crippen LogP contribution in [0.5, 0.6) is 0 Å². The Kier molecular flexibility index (Phi) is 7.05. The van der Waals surface area contributed by atoms with Crippen LogP contribution in [0, 0.1) is 0 Å². The minimum absolute atomic E-state index is 0.0975. The molecule has 0 atom stereocenters. The molecule has 33 heavy (non-hydrogen) atoms. The minimum Gasteiger partial charge on any atom is -0.305 e. The fourth-order valence-electron chi connectivity index (χ4n) is 4.54. The largest absolute Gasteiger partial charge is 0.305 e. The van der Waals surface area contributed by atoms with Crippen LogP contribution in [0.4, 0.5) is 0 Å². The van der Waals surface area contributed by atoms with Crippen LogP contribution in [0.15, 0.2) is 23.0 Å². The number of nitrogens with zero attached hydrogens (tertiary/aromatic N) is 5. The predicted octanol–water partition coefficient (Wildman–Crippen LogP) is 2.66. The third-order valence-corrected chi connectivity index (χ3v) is 6.42. The van der Waals surface area contributed by atoms with Gasteiger partial charge in [-0.15, -0.1) is 0 Å². The van der Waals surface area contributed by atoms with Crippen molar-refractivity contribution in [1.82, 2.24) is 29.5 Å². The number of hydrogen-bond donors (Lipinski definition) is 1. The highest BCUT2D eigenvalue weighted by molar-refractivity contribution is 5.98. The molecule has 0 spiro atoms. The molecular formula is C25H34N6O2. The maximum atomic E-state index is 13.1. The van der Waals surface area contributed by atoms with Crippen molar-refractivity contribution in [3.05, 3.63) is 45.4 Å². The smallest absolute Gasteiger partial charge is 0.277 e. The van der Waals surface area contributed by atoms with Crippen LogP contribution in [-0.2, 0) is 19.9 Å². The summed E-state index contributed by atoms with van der Waals surface area (Å²) < 4.78 is 1.61. The number of aryl methyl sites for hydroxylation is 3. The molecule has 0 radical (unpaired) electrons. The third kappa shape index (κ3) is 4.91. The quantitative estimate of drug-likeness (QED) is 0.531. The molecule has 1 aliphatic heterocycles. The zero-order valence-corrected chi connectivity index (χ0v) is 20.1. The van der Waals surface area contributed by atoms with Gasteiger partial charge in [-0.2, -0.15) is 5.10 Å². The fraction of sp³-hybridized carbons (Fsp3) is 0.520. The average Bonchev–Trinajstić information content (AvgIpc) is 3.11. The minimum atomic E-state index is -0.205. The molecule has 1 saturated heterocycles. The van der Waals surface area contributed by atoms with E-state index in [-0.39, 0.29) is 11.3 Å². The Balaban J connectivity index is 1.73. The number of rotatable bonds is 8. The summed E-state index contributed by atoms with van der Waals surface area (Å²) in [7, 11) is 3.88. The Hall–Kier alpha value is -2.84. The zero-order chi connectivity index (χ0) is 23.5. The van der Waals surface area contributed by atoms with Gasteiger partial charge in [0, 0.05) is 44.4 Å². The number of benzene rings is 1. The van der Waals surface area contributed by atoms with Gasteiger partial charge in [-0.1, -0.05) is 38.8 Å². The first-order chi connectivity index (χ1) is 15.9. The lowest BCUT2D eigenvalue weighted by molar-refractivity contribution is 0.0876. The molecule has 0 unspecified atom stereocenters. The van der Waals surface area contributed by atoms with Crippen LogP contribution in [-0.4, -0.2) is 75.1 Å². The number of piperazine rings is 1. The van der Waals surface area contributed by atoms with Gasteiger partial charge in [-0.05, 0) is 31.5 Å². The van der Waals surface area contributed by atoms with Crippen molar-refractivity contribution in [1.29, 1.82) is 0 Å². The van der Waals surface area contributed by atoms with Crippen LogP contribution in [0.25, 0.3) is 22.4 Å². The molecule has 0 saturated carbocycles. The maximum absolute atomic E-state index is 13.1. The van der Waals surface area contributed by atoms with Gasteiger partial charge in [0.1, 0.15) is 11.3 Å². The second-order valence-electron chi connectivity index (χ2n) is 9.06. The van der Waals surface area contributed by atoms with Crippen LogP contribution in [0.2, 0.25) is 0 Å². The van der Waals surface area contributed by atoms with Crippen LogP contribution in [0.3, 0.4) is 0 Å². The van der Waals surface area contributed by atoms with Crippen molar-refractivity contribution in [3.63, 3.8) is 0 Å². The van der Waals surface area contributed by atoms with Gasteiger partial charge in [0.15, 0.2) is 11.3 Å². The average molecular weight is 451 g/mol. The van der Waals surface area contributed by atoms with Crippen molar-refractivity contribution >= 4 is 16.8 Å². The van der Waals surface area contributed by atoms with E-state index in [0.717, 1.165) is 68.7 Å². The van der Waals surface area contributed by atoms with Crippen molar-refractivity contribution in [2.75, 3.05) is 39.8 Å². The van der Waals surface area contributed by atoms with Gasteiger partial charge in [-0.25, -0.2) is 4.98 Å². The summed E-state index contributed by atoms with van der Waals surface area (Å²) in [6, 6.07) is 5.83. The molecule has 1 N–H and O–H groups in total. The molecule has 8 heteroatoms. The lowest BCUT2D eigenvalue weighted by atomic mass is 9.97. The second-order valence-corrected chi connectivity index (χ2v) is 9.06. The monoisotopic (exact) mass is 450 g/mol. The Morgan fingerprint density at radius 3 is 2.48 bits per heavy atom. The molecule has 0 aliphatic carbocycles. The molecular weight excluding hydrogens is 416 g/mol. The second kappa shape index (κ2) is 9.97. The summed E-state index contributed by atoms with van der Waals surface area (Å²) in [5.41, 5.74) is 4.33. The molecule has 1 fully saturated rings. The number of ketones is 1. The first kappa shape index (κ1) is 23.3. The number of aromatic nitrogens is 4. The van der Waals surface area contributed by atoms with Gasteiger partial charge in [0.05, 0.1) is 12.2 Å². The number of carbonyl (C=O) groups excluding carboxylic acids is 1. The lowest BCUT2D eigenvalue weighted by Crippen LogP contribution is -2.46. The van der Waals surface area contributed by atoms with Crippen molar-refractivity contribution in [2.24, 2.45) is 7.05 Å². The van der Waals surface area contributed by atoms with Crippen molar-refractivity contribution < 1.29 is 4.79 Å². The topological polar surface area (TPSA) is 87.1 Å². The Morgan fingerprint density at radius 1 is 1.06 bits per heavy atom. The predicted molar refractivity (Wildman–Crippen MR) is 131 cm³/mol. The van der Waals surface area contributed by atoms with Gasteiger partial charge in [0.2, 0.25) is 0 Å². The Morgan fingerprint density at radius 2 is 1.79 bits per heavy atom. The molecule has 0 bridgehead atoms. The van der Waals surface area contributed by atoms with E-state index in [2.05, 4.69) is 40.8 Å². The van der Waals surface area contributed by atoms with Gasteiger partial charge < -0.3 is 9.88 Å². The zero-order valence-electron chi connectivity index (χ0n) is 20.1. The Labute approximate surface area is 194 Å². The SMILES string of the molecule is CCCc1ccc(C(=O)CN2CCN(C)CC2)cc1-c1nc2c(CCC)nn(C)c2c(=O)[nH]1. The molecule has 8 nitrogen and oxygen atoms in total. The molecule has 1 aromatic carbocycles. The summed E-state index contributed by atoms with van der Waals surface area (Å²) >= 11 is 0. The molecule has 176 valence electrons. The molecule has 3 heterocycles. The van der Waals surface area contributed by atoms with Gasteiger partial charge in [0.25, 0.3) is 5.56 Å². The number of H-pyrrole nitrogens is 1. The van der Waals surface area contributed by atoms with Crippen LogP contribution < -0.4 is 5.56 Å². The maximum Gasteiger partial charge on any atom is 0.277 e. The highest BCUT2D eigenvalue weighted by atomic mass is 16.1. The number of Topliss-reactive ketones (excluding diaryl/α,β-unsaturated/α-hetero) is 1. The summed E-state index contributed by atoms with van der Waals surface area (Å²) in [5, 5.41) is 4.52. The van der Waals surface area contributed by atoms with Crippen LogP contribution >= 0.6 is 0 Å². The number of hydrogen-bond acceptors (Lipinski definition) is 6. The summed E-state index contributed by atoms with van der Waals surface area (Å²) in [6.45, 7) is 8.37. The highest BCUT2D eigenvalue weighted by Crippen LogP contribution is 2.25. The number of carbonyl (C=O) groups is 1. The molecule has 0 amide bonds. The molecule has 2 aromatic heterocycles. The normalized spacial score (nSPS) is 15.4. The number of nitrogens with one attached hydrogen (secondary N) is 1. The Bertz CT molecular complexity index is 1200. The lowest BCUT2D eigenvalue weighted by Gasteiger charge is -2.31. The number of aromatic amines is 1. The van der Waals surface area contributed by atoms with E-state index in [4.69, 9.17) is 4.98 Å².